The predicted molar refractivity (Wildman–Crippen MR) is 75.6 cm³/mol. The fourth-order valence-electron chi connectivity index (χ4n) is 2.06. The zero-order chi connectivity index (χ0) is 13.2. The summed E-state index contributed by atoms with van der Waals surface area (Å²) in [5.41, 5.74) is 1.52. The van der Waals surface area contributed by atoms with Crippen molar-refractivity contribution in [1.82, 2.24) is 15.5 Å². The Morgan fingerprint density at radius 3 is 2.83 bits per heavy atom. The molecule has 0 radical (unpaired) electrons. The van der Waals surface area contributed by atoms with Crippen LogP contribution >= 0.6 is 0 Å². The molecule has 18 heavy (non-hydrogen) atoms. The summed E-state index contributed by atoms with van der Waals surface area (Å²) in [4.78, 5) is 13.6. The van der Waals surface area contributed by atoms with Crippen molar-refractivity contribution < 1.29 is 4.79 Å². The van der Waals surface area contributed by atoms with Gasteiger partial charge in [-0.25, -0.2) is 0 Å². The zero-order valence-corrected chi connectivity index (χ0v) is 11.8. The van der Waals surface area contributed by atoms with Gasteiger partial charge in [-0.1, -0.05) is 11.6 Å². The maximum Gasteiger partial charge on any atom is 0.233 e. The van der Waals surface area contributed by atoms with Gasteiger partial charge in [0.05, 0.1) is 6.54 Å². The molecule has 0 unspecified atom stereocenters. The molecular weight excluding hydrogens is 226 g/mol. The molecule has 0 atom stereocenters. The SMILES string of the molecule is CN(C)CCNCC(=O)NCCC1=CCCCC1. The van der Waals surface area contributed by atoms with Gasteiger partial charge in [0.1, 0.15) is 0 Å². The first kappa shape index (κ1) is 15.2. The molecule has 0 heterocycles. The molecule has 0 aliphatic heterocycles. The van der Waals surface area contributed by atoms with E-state index in [0.29, 0.717) is 6.54 Å². The Morgan fingerprint density at radius 2 is 2.17 bits per heavy atom. The Kier molecular flexibility index (Phi) is 7.69. The van der Waals surface area contributed by atoms with E-state index in [2.05, 4.69) is 21.6 Å². The standard InChI is InChI=1S/C14H27N3O/c1-17(2)11-10-15-12-14(18)16-9-8-13-6-4-3-5-7-13/h6,15H,3-5,7-12H2,1-2H3,(H,16,18). The lowest BCUT2D eigenvalue weighted by atomic mass is 9.97. The van der Waals surface area contributed by atoms with Crippen molar-refractivity contribution in [1.29, 1.82) is 0 Å². The quantitative estimate of drug-likeness (QED) is 0.504. The van der Waals surface area contributed by atoms with Gasteiger partial charge in [0, 0.05) is 19.6 Å². The fraction of sp³-hybridized carbons (Fsp3) is 0.786. The third kappa shape index (κ3) is 7.45. The van der Waals surface area contributed by atoms with Crippen LogP contribution < -0.4 is 10.6 Å². The van der Waals surface area contributed by atoms with E-state index in [1.807, 2.05) is 14.1 Å². The van der Waals surface area contributed by atoms with Crippen LogP contribution in [0.5, 0.6) is 0 Å². The van der Waals surface area contributed by atoms with Crippen LogP contribution in [-0.4, -0.2) is 51.1 Å². The summed E-state index contributed by atoms with van der Waals surface area (Å²) in [7, 11) is 4.05. The highest BCUT2D eigenvalue weighted by molar-refractivity contribution is 5.77. The van der Waals surface area contributed by atoms with Crippen LogP contribution in [0.1, 0.15) is 32.1 Å². The Morgan fingerprint density at radius 1 is 1.33 bits per heavy atom. The first-order valence-electron chi connectivity index (χ1n) is 6.98. The van der Waals surface area contributed by atoms with E-state index >= 15 is 0 Å². The van der Waals surface area contributed by atoms with Crippen LogP contribution in [0, 0.1) is 0 Å². The minimum Gasteiger partial charge on any atom is -0.355 e. The molecule has 0 saturated heterocycles. The van der Waals surface area contributed by atoms with Gasteiger partial charge >= 0.3 is 0 Å². The second kappa shape index (κ2) is 9.11. The lowest BCUT2D eigenvalue weighted by Crippen LogP contribution is -2.37. The third-order valence-electron chi connectivity index (χ3n) is 3.17. The Labute approximate surface area is 111 Å². The van der Waals surface area contributed by atoms with Gasteiger partial charge in [-0.15, -0.1) is 0 Å². The monoisotopic (exact) mass is 253 g/mol. The first-order chi connectivity index (χ1) is 8.68. The second-order valence-electron chi connectivity index (χ2n) is 5.19. The first-order valence-corrected chi connectivity index (χ1v) is 6.98. The molecule has 4 nitrogen and oxygen atoms in total. The number of allylic oxidation sites excluding steroid dienone is 1. The summed E-state index contributed by atoms with van der Waals surface area (Å²) < 4.78 is 0. The maximum absolute atomic E-state index is 11.5. The summed E-state index contributed by atoms with van der Waals surface area (Å²) in [6.07, 6.45) is 8.43. The number of carbonyl (C=O) groups is 1. The second-order valence-corrected chi connectivity index (χ2v) is 5.19. The predicted octanol–water partition coefficient (Wildman–Crippen LogP) is 1.14. The molecule has 0 spiro atoms. The lowest BCUT2D eigenvalue weighted by Gasteiger charge is -2.13. The number of hydrogen-bond acceptors (Lipinski definition) is 3. The van der Waals surface area contributed by atoms with E-state index in [9.17, 15) is 4.79 Å². The largest absolute Gasteiger partial charge is 0.355 e. The van der Waals surface area contributed by atoms with Crippen LogP contribution in [0.15, 0.2) is 11.6 Å². The van der Waals surface area contributed by atoms with E-state index in [4.69, 9.17) is 0 Å². The van der Waals surface area contributed by atoms with Crippen LogP contribution in [-0.2, 0) is 4.79 Å². The number of carbonyl (C=O) groups excluding carboxylic acids is 1. The molecule has 1 aliphatic carbocycles. The van der Waals surface area contributed by atoms with Crippen molar-refractivity contribution in [2.75, 3.05) is 40.3 Å². The summed E-state index contributed by atoms with van der Waals surface area (Å²) in [6.45, 7) is 3.01. The van der Waals surface area contributed by atoms with Gasteiger partial charge < -0.3 is 15.5 Å². The molecule has 2 N–H and O–H groups in total. The maximum atomic E-state index is 11.5. The van der Waals surface area contributed by atoms with Crippen molar-refractivity contribution in [2.24, 2.45) is 0 Å². The molecule has 1 rings (SSSR count). The molecule has 4 heteroatoms. The number of nitrogens with zero attached hydrogens (tertiary/aromatic N) is 1. The van der Waals surface area contributed by atoms with Crippen LogP contribution in [0.4, 0.5) is 0 Å². The van der Waals surface area contributed by atoms with Gasteiger partial charge in [-0.05, 0) is 46.2 Å². The highest BCUT2D eigenvalue weighted by Gasteiger charge is 2.04. The Balaban J connectivity index is 1.98. The van der Waals surface area contributed by atoms with Crippen molar-refractivity contribution >= 4 is 5.91 Å². The molecule has 0 aromatic carbocycles. The van der Waals surface area contributed by atoms with Crippen molar-refractivity contribution in [3.8, 4) is 0 Å². The lowest BCUT2D eigenvalue weighted by molar-refractivity contribution is -0.120. The third-order valence-corrected chi connectivity index (χ3v) is 3.17. The molecular formula is C14H27N3O. The Hall–Kier alpha value is -0.870. The number of hydrogen-bond donors (Lipinski definition) is 2. The smallest absolute Gasteiger partial charge is 0.233 e. The molecule has 1 amide bonds. The van der Waals surface area contributed by atoms with E-state index < -0.39 is 0 Å². The molecule has 1 aliphatic rings. The van der Waals surface area contributed by atoms with Gasteiger partial charge in [0.15, 0.2) is 0 Å². The molecule has 0 bridgehead atoms. The van der Waals surface area contributed by atoms with Gasteiger partial charge in [-0.2, -0.15) is 0 Å². The van der Waals surface area contributed by atoms with Crippen LogP contribution in [0.2, 0.25) is 0 Å². The number of nitrogens with one attached hydrogen (secondary N) is 2. The Bertz CT molecular complexity index is 274. The van der Waals surface area contributed by atoms with Gasteiger partial charge in [-0.3, -0.25) is 4.79 Å². The fourth-order valence-corrected chi connectivity index (χ4v) is 2.06. The zero-order valence-electron chi connectivity index (χ0n) is 11.8. The van der Waals surface area contributed by atoms with Gasteiger partial charge in [0.2, 0.25) is 5.91 Å². The normalized spacial score (nSPS) is 15.6. The van der Waals surface area contributed by atoms with E-state index in [1.165, 1.54) is 31.3 Å². The molecule has 0 aromatic rings. The molecule has 0 fully saturated rings. The van der Waals surface area contributed by atoms with Crippen molar-refractivity contribution in [3.63, 3.8) is 0 Å². The average molecular weight is 253 g/mol. The molecule has 0 saturated carbocycles. The summed E-state index contributed by atoms with van der Waals surface area (Å²) in [5, 5.41) is 6.10. The van der Waals surface area contributed by atoms with Crippen molar-refractivity contribution in [2.45, 2.75) is 32.1 Å². The topological polar surface area (TPSA) is 44.4 Å². The summed E-state index contributed by atoms with van der Waals surface area (Å²) in [5.74, 6) is 0.102. The molecule has 104 valence electrons. The number of likely N-dealkylation sites (N-methyl/N-ethyl adjacent to an activating group) is 1. The highest BCUT2D eigenvalue weighted by atomic mass is 16.1. The molecule has 0 aromatic heterocycles. The van der Waals surface area contributed by atoms with Gasteiger partial charge in [0.25, 0.3) is 0 Å². The average Bonchev–Trinajstić information content (AvgIpc) is 2.36. The highest BCUT2D eigenvalue weighted by Crippen LogP contribution is 2.19. The minimum absolute atomic E-state index is 0.102. The number of rotatable bonds is 8. The number of amides is 1. The van der Waals surface area contributed by atoms with Crippen LogP contribution in [0.3, 0.4) is 0 Å². The van der Waals surface area contributed by atoms with E-state index in [1.54, 1.807) is 0 Å². The summed E-state index contributed by atoms with van der Waals surface area (Å²) in [6, 6.07) is 0. The minimum atomic E-state index is 0.102. The van der Waals surface area contributed by atoms with Crippen molar-refractivity contribution in [3.05, 3.63) is 11.6 Å². The van der Waals surface area contributed by atoms with E-state index in [0.717, 1.165) is 26.1 Å². The van der Waals surface area contributed by atoms with E-state index in [-0.39, 0.29) is 5.91 Å². The van der Waals surface area contributed by atoms with Crippen LogP contribution in [0.25, 0.3) is 0 Å². The summed E-state index contributed by atoms with van der Waals surface area (Å²) >= 11 is 0.